The molecule has 0 atom stereocenters. The lowest BCUT2D eigenvalue weighted by Crippen LogP contribution is -2.17. The van der Waals surface area contributed by atoms with Crippen LogP contribution in [0.25, 0.3) is 11.1 Å². The molecular formula is C60H48N4. The summed E-state index contributed by atoms with van der Waals surface area (Å²) in [4.78, 5) is 9.32. The van der Waals surface area contributed by atoms with Crippen LogP contribution in [0.3, 0.4) is 0 Å². The van der Waals surface area contributed by atoms with Crippen molar-refractivity contribution < 1.29 is 0 Å². The van der Waals surface area contributed by atoms with Crippen molar-refractivity contribution in [3.05, 3.63) is 273 Å². The van der Waals surface area contributed by atoms with Crippen LogP contribution in [0.2, 0.25) is 0 Å². The summed E-state index contributed by atoms with van der Waals surface area (Å²) in [7, 11) is 0. The van der Waals surface area contributed by atoms with Gasteiger partial charge in [-0.15, -0.1) is 0 Å². The summed E-state index contributed by atoms with van der Waals surface area (Å²) in [6.07, 6.45) is 8.67. The molecule has 0 unspecified atom stereocenters. The van der Waals surface area contributed by atoms with Gasteiger partial charge in [0.15, 0.2) is 0 Å². The van der Waals surface area contributed by atoms with Crippen molar-refractivity contribution in [2.24, 2.45) is 0 Å². The molecule has 0 bridgehead atoms. The van der Waals surface area contributed by atoms with Crippen molar-refractivity contribution in [2.75, 3.05) is 19.6 Å². The summed E-state index contributed by atoms with van der Waals surface area (Å²) in [6, 6.07) is 88.5. The standard InChI is InChI=1S/C60H48N4/c1-7-19-49(20-8-1)61(50-21-9-2-10-22-50)57-39-43-59(44-40-57)63(53-27-15-5-16-28-53)55-35-31-47(32-36-55)48-33-37-56(38-34-48)64(54-29-17-6-18-30-54)60-45-41-58(42-46-60)62(51-23-11-3-12-24-51)52-25-13-4-14-26-52/h1-17,19-29,31-46H,18,30H2. The van der Waals surface area contributed by atoms with E-state index in [-0.39, 0.29) is 0 Å². The first-order chi connectivity index (χ1) is 31.8. The molecule has 64 heavy (non-hydrogen) atoms. The van der Waals surface area contributed by atoms with Gasteiger partial charge in [0, 0.05) is 68.3 Å². The number of hydrogen-bond donors (Lipinski definition) is 0. The Hall–Kier alpha value is -8.34. The molecule has 308 valence electrons. The lowest BCUT2D eigenvalue weighted by atomic mass is 10.0. The molecule has 0 N–H and O–H groups in total. The zero-order valence-electron chi connectivity index (χ0n) is 35.6. The Morgan fingerprint density at radius 1 is 0.234 bits per heavy atom. The van der Waals surface area contributed by atoms with E-state index in [4.69, 9.17) is 0 Å². The normalized spacial score (nSPS) is 12.0. The molecule has 0 aromatic heterocycles. The van der Waals surface area contributed by atoms with Crippen molar-refractivity contribution in [1.82, 2.24) is 0 Å². The smallest absolute Gasteiger partial charge is 0.0463 e. The lowest BCUT2D eigenvalue weighted by Gasteiger charge is -2.30. The molecule has 9 aromatic rings. The van der Waals surface area contributed by atoms with Gasteiger partial charge in [0.2, 0.25) is 0 Å². The minimum Gasteiger partial charge on any atom is -0.314 e. The van der Waals surface area contributed by atoms with Crippen LogP contribution in [-0.4, -0.2) is 0 Å². The quantitative estimate of drug-likeness (QED) is 0.115. The van der Waals surface area contributed by atoms with Gasteiger partial charge in [0.05, 0.1) is 0 Å². The van der Waals surface area contributed by atoms with E-state index in [1.54, 1.807) is 0 Å². The number of rotatable bonds is 13. The van der Waals surface area contributed by atoms with Crippen molar-refractivity contribution in [1.29, 1.82) is 0 Å². The Morgan fingerprint density at radius 3 is 0.719 bits per heavy atom. The maximum absolute atomic E-state index is 2.40. The highest BCUT2D eigenvalue weighted by Gasteiger charge is 2.19. The topological polar surface area (TPSA) is 13.0 Å². The number of hydrogen-bond acceptors (Lipinski definition) is 4. The van der Waals surface area contributed by atoms with Crippen LogP contribution < -0.4 is 19.6 Å². The SMILES string of the molecule is C1=CCCC(N(c2ccc(-c3ccc(N(c4ccccc4)c4ccc(N(c5ccccc5)c5ccccc5)cc4)cc3)cc2)c2ccc(N(c3ccccc3)c3ccccc3)cc2)=C1. The van der Waals surface area contributed by atoms with Gasteiger partial charge in [-0.05, 0) is 164 Å². The minimum atomic E-state index is 0.973. The van der Waals surface area contributed by atoms with Gasteiger partial charge in [-0.25, -0.2) is 0 Å². The molecule has 0 radical (unpaired) electrons. The number of nitrogens with zero attached hydrogens (tertiary/aromatic N) is 4. The number of allylic oxidation sites excluding steroid dienone is 4. The van der Waals surface area contributed by atoms with Gasteiger partial charge in [-0.3, -0.25) is 0 Å². The van der Waals surface area contributed by atoms with Gasteiger partial charge >= 0.3 is 0 Å². The third-order valence-corrected chi connectivity index (χ3v) is 11.7. The summed E-state index contributed by atoms with van der Waals surface area (Å²) >= 11 is 0. The van der Waals surface area contributed by atoms with Gasteiger partial charge < -0.3 is 19.6 Å². The van der Waals surface area contributed by atoms with Crippen LogP contribution in [0.5, 0.6) is 0 Å². The van der Waals surface area contributed by atoms with Crippen molar-refractivity contribution in [2.45, 2.75) is 12.8 Å². The molecule has 0 aliphatic heterocycles. The van der Waals surface area contributed by atoms with E-state index in [0.717, 1.165) is 81.0 Å². The fourth-order valence-electron chi connectivity index (χ4n) is 8.59. The minimum absolute atomic E-state index is 0.973. The number of benzene rings is 9. The highest BCUT2D eigenvalue weighted by Crippen LogP contribution is 2.41. The Bertz CT molecular complexity index is 2850. The molecule has 0 fully saturated rings. The predicted molar refractivity (Wildman–Crippen MR) is 271 cm³/mol. The van der Waals surface area contributed by atoms with Crippen LogP contribution in [-0.2, 0) is 0 Å². The van der Waals surface area contributed by atoms with E-state index in [1.165, 1.54) is 11.3 Å². The molecule has 0 heterocycles. The van der Waals surface area contributed by atoms with E-state index < -0.39 is 0 Å². The predicted octanol–water partition coefficient (Wildman–Crippen LogP) is 17.1. The van der Waals surface area contributed by atoms with Crippen molar-refractivity contribution in [3.63, 3.8) is 0 Å². The summed E-state index contributed by atoms with van der Waals surface area (Å²) in [5.74, 6) is 0. The van der Waals surface area contributed by atoms with Crippen LogP contribution >= 0.6 is 0 Å². The molecule has 0 spiro atoms. The average Bonchev–Trinajstić information content (AvgIpc) is 3.38. The second kappa shape index (κ2) is 18.7. The Labute approximate surface area is 377 Å². The summed E-state index contributed by atoms with van der Waals surface area (Å²) in [5.41, 5.74) is 15.8. The summed E-state index contributed by atoms with van der Waals surface area (Å²) in [5, 5.41) is 0. The second-order valence-corrected chi connectivity index (χ2v) is 15.8. The van der Waals surface area contributed by atoms with Crippen molar-refractivity contribution >= 4 is 62.6 Å². The molecule has 4 heteroatoms. The number of para-hydroxylation sites is 5. The fraction of sp³-hybridized carbons (Fsp3) is 0.0333. The van der Waals surface area contributed by atoms with Gasteiger partial charge in [-0.1, -0.05) is 127 Å². The summed E-state index contributed by atoms with van der Waals surface area (Å²) < 4.78 is 0. The van der Waals surface area contributed by atoms with Crippen LogP contribution in [0.4, 0.5) is 62.6 Å². The molecule has 0 saturated heterocycles. The molecular weight excluding hydrogens is 777 g/mol. The second-order valence-electron chi connectivity index (χ2n) is 15.8. The van der Waals surface area contributed by atoms with Gasteiger partial charge in [0.1, 0.15) is 0 Å². The van der Waals surface area contributed by atoms with Crippen LogP contribution in [0.1, 0.15) is 12.8 Å². The lowest BCUT2D eigenvalue weighted by molar-refractivity contribution is 0.917. The first-order valence-corrected chi connectivity index (χ1v) is 22.0. The maximum Gasteiger partial charge on any atom is 0.0463 e. The summed E-state index contributed by atoms with van der Waals surface area (Å²) in [6.45, 7) is 0. The molecule has 4 nitrogen and oxygen atoms in total. The Kier molecular flexibility index (Phi) is 11.6. The molecule has 1 aliphatic rings. The molecule has 1 aliphatic carbocycles. The zero-order valence-corrected chi connectivity index (χ0v) is 35.6. The maximum atomic E-state index is 2.40. The van der Waals surface area contributed by atoms with E-state index in [0.29, 0.717) is 0 Å². The fourth-order valence-corrected chi connectivity index (χ4v) is 8.59. The number of anilines is 11. The van der Waals surface area contributed by atoms with Crippen LogP contribution in [0.15, 0.2) is 273 Å². The first kappa shape index (κ1) is 39.8. The van der Waals surface area contributed by atoms with Gasteiger partial charge in [0.25, 0.3) is 0 Å². The van der Waals surface area contributed by atoms with E-state index in [9.17, 15) is 0 Å². The van der Waals surface area contributed by atoms with Gasteiger partial charge in [-0.2, -0.15) is 0 Å². The van der Waals surface area contributed by atoms with Crippen molar-refractivity contribution in [3.8, 4) is 11.1 Å². The molecule has 9 aromatic carbocycles. The van der Waals surface area contributed by atoms with E-state index in [1.807, 2.05) is 0 Å². The average molecular weight is 825 g/mol. The third-order valence-electron chi connectivity index (χ3n) is 11.7. The molecule has 10 rings (SSSR count). The highest BCUT2D eigenvalue weighted by molar-refractivity contribution is 5.83. The molecule has 0 saturated carbocycles. The largest absolute Gasteiger partial charge is 0.314 e. The van der Waals surface area contributed by atoms with E-state index >= 15 is 0 Å². The third kappa shape index (κ3) is 8.58. The Morgan fingerprint density at radius 2 is 0.469 bits per heavy atom. The van der Waals surface area contributed by atoms with Crippen LogP contribution in [0, 0.1) is 0 Å². The highest BCUT2D eigenvalue weighted by atomic mass is 15.2. The monoisotopic (exact) mass is 824 g/mol. The Balaban J connectivity index is 0.929. The molecule has 0 amide bonds. The zero-order chi connectivity index (χ0) is 42.9. The van der Waals surface area contributed by atoms with E-state index in [2.05, 4.69) is 287 Å². The first-order valence-electron chi connectivity index (χ1n) is 22.0.